The van der Waals surface area contributed by atoms with Crippen LogP contribution in [0.3, 0.4) is 0 Å². The fraction of sp³-hybridized carbons (Fsp3) is 0.385. The Balaban J connectivity index is 2.04. The predicted octanol–water partition coefficient (Wildman–Crippen LogP) is 3.34. The van der Waals surface area contributed by atoms with E-state index in [-0.39, 0.29) is 5.82 Å². The Bertz CT molecular complexity index is 533. The lowest BCUT2D eigenvalue weighted by molar-refractivity contribution is 0.468. The van der Waals surface area contributed by atoms with E-state index in [1.807, 2.05) is 4.68 Å². The van der Waals surface area contributed by atoms with E-state index in [1.54, 1.807) is 6.07 Å². The summed E-state index contributed by atoms with van der Waals surface area (Å²) in [6.45, 7) is 5.52. The molecule has 0 atom stereocenters. The minimum Gasteiger partial charge on any atom is -0.378 e. The van der Waals surface area contributed by atoms with Gasteiger partial charge in [0.25, 0.3) is 0 Å². The third kappa shape index (κ3) is 3.92. The number of aromatic nitrogens is 3. The molecule has 2 aromatic rings. The number of hydrogen-bond donors (Lipinski definition) is 1. The van der Waals surface area contributed by atoms with Crippen molar-refractivity contribution < 1.29 is 4.39 Å². The van der Waals surface area contributed by atoms with Crippen molar-refractivity contribution in [3.05, 3.63) is 41.2 Å². The average molecular weight is 283 g/mol. The molecule has 102 valence electrons. The molecule has 1 N–H and O–H groups in total. The van der Waals surface area contributed by atoms with Crippen molar-refractivity contribution in [2.24, 2.45) is 5.92 Å². The van der Waals surface area contributed by atoms with Gasteiger partial charge in [0, 0.05) is 17.3 Å². The van der Waals surface area contributed by atoms with Crippen molar-refractivity contribution in [1.29, 1.82) is 0 Å². The molecule has 0 bridgehead atoms. The first-order valence-corrected chi connectivity index (χ1v) is 6.49. The van der Waals surface area contributed by atoms with Crippen LogP contribution in [0.25, 0.3) is 0 Å². The van der Waals surface area contributed by atoms with E-state index >= 15 is 0 Å². The van der Waals surface area contributed by atoms with Gasteiger partial charge in [0.05, 0.1) is 6.54 Å². The molecule has 1 aromatic heterocycles. The van der Waals surface area contributed by atoms with Gasteiger partial charge >= 0.3 is 0 Å². The summed E-state index contributed by atoms with van der Waals surface area (Å²) in [6, 6.07) is 4.34. The Labute approximate surface area is 116 Å². The molecule has 0 aliphatic rings. The first-order chi connectivity index (χ1) is 9.04. The second-order valence-electron chi connectivity index (χ2n) is 4.76. The zero-order valence-electron chi connectivity index (χ0n) is 10.9. The van der Waals surface area contributed by atoms with E-state index in [4.69, 9.17) is 11.6 Å². The van der Waals surface area contributed by atoms with E-state index in [0.717, 1.165) is 12.4 Å². The van der Waals surface area contributed by atoms with Gasteiger partial charge in [-0.3, -0.25) is 0 Å². The van der Waals surface area contributed by atoms with Crippen LogP contribution < -0.4 is 5.32 Å². The number of rotatable bonds is 5. The number of hydrogen-bond acceptors (Lipinski definition) is 3. The van der Waals surface area contributed by atoms with Crippen LogP contribution in [-0.2, 0) is 13.1 Å². The van der Waals surface area contributed by atoms with Crippen LogP contribution in [0, 0.1) is 11.7 Å². The minimum atomic E-state index is -0.362. The molecule has 0 saturated heterocycles. The zero-order valence-corrected chi connectivity index (χ0v) is 11.7. The number of nitrogens with one attached hydrogen (secondary N) is 1. The van der Waals surface area contributed by atoms with Gasteiger partial charge in [-0.15, -0.1) is 0 Å². The second-order valence-corrected chi connectivity index (χ2v) is 5.20. The molecule has 2 rings (SSSR count). The predicted molar refractivity (Wildman–Crippen MR) is 73.6 cm³/mol. The number of anilines is 1. The molecular weight excluding hydrogens is 267 g/mol. The summed E-state index contributed by atoms with van der Waals surface area (Å²) >= 11 is 5.80. The molecule has 4 nitrogen and oxygen atoms in total. The van der Waals surface area contributed by atoms with E-state index in [9.17, 15) is 4.39 Å². The van der Waals surface area contributed by atoms with Gasteiger partial charge in [0.15, 0.2) is 0 Å². The Kier molecular flexibility index (Phi) is 4.37. The molecule has 0 saturated carbocycles. The third-order valence-electron chi connectivity index (χ3n) is 2.55. The minimum absolute atomic E-state index is 0.362. The summed E-state index contributed by atoms with van der Waals surface area (Å²) in [5.41, 5.74) is 0.629. The van der Waals surface area contributed by atoms with Crippen LogP contribution in [0.2, 0.25) is 5.02 Å². The lowest BCUT2D eigenvalue weighted by atomic mass is 10.2. The second kappa shape index (κ2) is 6.02. The highest BCUT2D eigenvalue weighted by molar-refractivity contribution is 6.30. The monoisotopic (exact) mass is 282 g/mol. The van der Waals surface area contributed by atoms with Crippen LogP contribution in [0.1, 0.15) is 19.7 Å². The van der Waals surface area contributed by atoms with Crippen molar-refractivity contribution in [2.75, 3.05) is 5.32 Å². The van der Waals surface area contributed by atoms with Gasteiger partial charge in [-0.05, 0) is 24.1 Å². The average Bonchev–Trinajstić information content (AvgIpc) is 2.71. The number of benzene rings is 1. The summed E-state index contributed by atoms with van der Waals surface area (Å²) in [5, 5.41) is 7.63. The largest absolute Gasteiger partial charge is 0.378 e. The van der Waals surface area contributed by atoms with Crippen molar-refractivity contribution in [2.45, 2.75) is 26.9 Å². The molecule has 0 aliphatic heterocycles. The molecule has 0 spiro atoms. The Morgan fingerprint density at radius 3 is 2.84 bits per heavy atom. The third-order valence-corrected chi connectivity index (χ3v) is 2.77. The van der Waals surface area contributed by atoms with Gasteiger partial charge in [0.1, 0.15) is 18.0 Å². The molecule has 0 fully saturated rings. The summed E-state index contributed by atoms with van der Waals surface area (Å²) in [7, 11) is 0. The van der Waals surface area contributed by atoms with Gasteiger partial charge in [-0.25, -0.2) is 14.1 Å². The van der Waals surface area contributed by atoms with Crippen molar-refractivity contribution >= 4 is 17.3 Å². The maximum atomic E-state index is 13.2. The van der Waals surface area contributed by atoms with Gasteiger partial charge in [0.2, 0.25) is 0 Å². The van der Waals surface area contributed by atoms with Gasteiger partial charge in [-0.1, -0.05) is 25.4 Å². The van der Waals surface area contributed by atoms with E-state index in [1.165, 1.54) is 18.5 Å². The summed E-state index contributed by atoms with van der Waals surface area (Å²) in [4.78, 5) is 4.19. The Morgan fingerprint density at radius 2 is 2.16 bits per heavy atom. The van der Waals surface area contributed by atoms with Crippen LogP contribution in [0.4, 0.5) is 10.1 Å². The van der Waals surface area contributed by atoms with Crippen LogP contribution in [0.5, 0.6) is 0 Å². The Hall–Kier alpha value is -1.62. The summed E-state index contributed by atoms with van der Waals surface area (Å²) in [6.07, 6.45) is 1.53. The van der Waals surface area contributed by atoms with Crippen molar-refractivity contribution in [1.82, 2.24) is 14.8 Å². The molecule has 0 unspecified atom stereocenters. The smallest absolute Gasteiger partial charge is 0.146 e. The van der Waals surface area contributed by atoms with Crippen LogP contribution >= 0.6 is 11.6 Å². The highest BCUT2D eigenvalue weighted by Gasteiger charge is 2.06. The standard InChI is InChI=1S/C13H16ClFN4/c1-9(2)7-19-13(17-8-18-19)6-16-12-4-10(14)3-11(15)5-12/h3-5,8-9,16H,6-7H2,1-2H3. The highest BCUT2D eigenvalue weighted by Crippen LogP contribution is 2.18. The molecule has 19 heavy (non-hydrogen) atoms. The summed E-state index contributed by atoms with van der Waals surface area (Å²) in [5.74, 6) is 0.941. The molecule has 0 amide bonds. The van der Waals surface area contributed by atoms with Crippen molar-refractivity contribution in [3.63, 3.8) is 0 Å². The lowest BCUT2D eigenvalue weighted by Gasteiger charge is -2.10. The SMILES string of the molecule is CC(C)Cn1ncnc1CNc1cc(F)cc(Cl)c1. The lowest BCUT2D eigenvalue weighted by Crippen LogP contribution is -2.13. The highest BCUT2D eigenvalue weighted by atomic mass is 35.5. The Morgan fingerprint density at radius 1 is 1.37 bits per heavy atom. The molecular formula is C13H16ClFN4. The number of nitrogens with zero attached hydrogens (tertiary/aromatic N) is 3. The molecule has 1 aromatic carbocycles. The molecule has 1 heterocycles. The maximum Gasteiger partial charge on any atom is 0.146 e. The maximum absolute atomic E-state index is 13.2. The molecule has 0 radical (unpaired) electrons. The first-order valence-electron chi connectivity index (χ1n) is 6.11. The van der Waals surface area contributed by atoms with E-state index in [0.29, 0.717) is 23.2 Å². The first kappa shape index (κ1) is 13.8. The number of halogens is 2. The normalized spacial score (nSPS) is 11.0. The summed E-state index contributed by atoms with van der Waals surface area (Å²) < 4.78 is 15.0. The van der Waals surface area contributed by atoms with Crippen LogP contribution in [-0.4, -0.2) is 14.8 Å². The quantitative estimate of drug-likeness (QED) is 0.915. The topological polar surface area (TPSA) is 42.7 Å². The van der Waals surface area contributed by atoms with Gasteiger partial charge < -0.3 is 5.32 Å². The fourth-order valence-corrected chi connectivity index (χ4v) is 1.98. The fourth-order valence-electron chi connectivity index (χ4n) is 1.76. The molecule has 0 aliphatic carbocycles. The van der Waals surface area contributed by atoms with Gasteiger partial charge in [-0.2, -0.15) is 5.10 Å². The van der Waals surface area contributed by atoms with E-state index < -0.39 is 0 Å². The van der Waals surface area contributed by atoms with Crippen LogP contribution in [0.15, 0.2) is 24.5 Å². The van der Waals surface area contributed by atoms with E-state index in [2.05, 4.69) is 29.2 Å². The zero-order chi connectivity index (χ0) is 13.8. The molecule has 6 heteroatoms. The van der Waals surface area contributed by atoms with Crippen molar-refractivity contribution in [3.8, 4) is 0 Å².